The van der Waals surface area contributed by atoms with Crippen molar-refractivity contribution in [3.8, 4) is 0 Å². The number of rotatable bonds is 2. The van der Waals surface area contributed by atoms with E-state index in [4.69, 9.17) is 5.73 Å². The molecule has 0 aromatic heterocycles. The minimum Gasteiger partial charge on any atom is -0.324 e. The lowest BCUT2D eigenvalue weighted by atomic mass is 10.0. The molecule has 0 spiro atoms. The van der Waals surface area contributed by atoms with Crippen LogP contribution in [0.1, 0.15) is 24.4 Å². The first-order valence-corrected chi connectivity index (χ1v) is 5.36. The van der Waals surface area contributed by atoms with Crippen molar-refractivity contribution in [1.29, 1.82) is 0 Å². The largest absolute Gasteiger partial charge is 0.324 e. The minimum atomic E-state index is 0. The van der Waals surface area contributed by atoms with E-state index in [2.05, 4.69) is 46.9 Å². The van der Waals surface area contributed by atoms with Gasteiger partial charge in [-0.1, -0.05) is 12.1 Å². The van der Waals surface area contributed by atoms with Crippen LogP contribution in [-0.2, 0) is 0 Å². The second-order valence-electron chi connectivity index (χ2n) is 3.41. The Kier molecular flexibility index (Phi) is 4.01. The molecule has 1 aromatic rings. The van der Waals surface area contributed by atoms with E-state index in [1.165, 1.54) is 22.0 Å². The fourth-order valence-corrected chi connectivity index (χ4v) is 1.77. The van der Waals surface area contributed by atoms with Gasteiger partial charge >= 0.3 is 0 Å². The summed E-state index contributed by atoms with van der Waals surface area (Å²) in [4.78, 5) is 0. The van der Waals surface area contributed by atoms with Crippen LogP contribution in [0.25, 0.3) is 0 Å². The van der Waals surface area contributed by atoms with Gasteiger partial charge in [0.15, 0.2) is 0 Å². The lowest BCUT2D eigenvalue weighted by molar-refractivity contribution is 0.633. The predicted molar refractivity (Wildman–Crippen MR) is 66.1 cm³/mol. The van der Waals surface area contributed by atoms with E-state index in [1.807, 2.05) is 0 Å². The van der Waals surface area contributed by atoms with Crippen molar-refractivity contribution in [2.24, 2.45) is 11.7 Å². The van der Waals surface area contributed by atoms with Gasteiger partial charge in [0.25, 0.3) is 0 Å². The Hall–Kier alpha value is 0.200. The first kappa shape index (κ1) is 11.3. The van der Waals surface area contributed by atoms with Crippen LogP contribution >= 0.6 is 35.0 Å². The summed E-state index contributed by atoms with van der Waals surface area (Å²) >= 11 is 2.31. The number of hydrogen-bond acceptors (Lipinski definition) is 1. The Morgan fingerprint density at radius 1 is 1.23 bits per heavy atom. The fraction of sp³-hybridized carbons (Fsp3) is 0.400. The molecule has 1 aliphatic carbocycles. The average molecular weight is 310 g/mol. The first-order valence-electron chi connectivity index (χ1n) is 4.28. The lowest BCUT2D eigenvalue weighted by Crippen LogP contribution is -2.11. The van der Waals surface area contributed by atoms with Crippen LogP contribution in [0.2, 0.25) is 0 Å². The minimum absolute atomic E-state index is 0. The van der Waals surface area contributed by atoms with Crippen molar-refractivity contribution in [3.05, 3.63) is 33.4 Å². The number of halogens is 2. The van der Waals surface area contributed by atoms with Gasteiger partial charge in [-0.05, 0) is 59.0 Å². The third kappa shape index (κ3) is 2.82. The third-order valence-corrected chi connectivity index (χ3v) is 3.10. The Morgan fingerprint density at radius 3 is 2.23 bits per heavy atom. The molecule has 1 aliphatic rings. The van der Waals surface area contributed by atoms with Crippen LogP contribution in [0.15, 0.2) is 24.3 Å². The smallest absolute Gasteiger partial charge is 0.0323 e. The maximum absolute atomic E-state index is 6.05. The average Bonchev–Trinajstić information content (AvgIpc) is 2.87. The standard InChI is InChI=1S/C10H12IN.ClH/c11-9-5-3-8(4-6-9)10(12)7-1-2-7;/h3-7,10H,1-2,12H2;1H/t10-;/m1./s1. The number of nitrogens with two attached hydrogens (primary N) is 1. The molecule has 3 heteroatoms. The molecule has 0 aliphatic heterocycles. The summed E-state index contributed by atoms with van der Waals surface area (Å²) in [5.41, 5.74) is 7.34. The van der Waals surface area contributed by atoms with Crippen LogP contribution in [0, 0.1) is 9.49 Å². The van der Waals surface area contributed by atoms with Gasteiger partial charge in [-0.25, -0.2) is 0 Å². The topological polar surface area (TPSA) is 26.0 Å². The third-order valence-electron chi connectivity index (χ3n) is 2.38. The number of hydrogen-bond donors (Lipinski definition) is 1. The fourth-order valence-electron chi connectivity index (χ4n) is 1.41. The van der Waals surface area contributed by atoms with Gasteiger partial charge < -0.3 is 5.73 Å². The van der Waals surface area contributed by atoms with Crippen LogP contribution in [0.5, 0.6) is 0 Å². The van der Waals surface area contributed by atoms with E-state index >= 15 is 0 Å². The van der Waals surface area contributed by atoms with E-state index in [1.54, 1.807) is 0 Å². The molecule has 0 unspecified atom stereocenters. The van der Waals surface area contributed by atoms with E-state index < -0.39 is 0 Å². The summed E-state index contributed by atoms with van der Waals surface area (Å²) in [5.74, 6) is 0.755. The van der Waals surface area contributed by atoms with Gasteiger partial charge in [-0.15, -0.1) is 12.4 Å². The van der Waals surface area contributed by atoms with Crippen molar-refractivity contribution in [3.63, 3.8) is 0 Å². The highest BCUT2D eigenvalue weighted by Gasteiger charge is 2.29. The van der Waals surface area contributed by atoms with Crippen molar-refractivity contribution in [2.45, 2.75) is 18.9 Å². The molecule has 72 valence electrons. The zero-order chi connectivity index (χ0) is 8.55. The predicted octanol–water partition coefficient (Wildman–Crippen LogP) is 3.12. The summed E-state index contributed by atoms with van der Waals surface area (Å²) in [7, 11) is 0. The Morgan fingerprint density at radius 2 is 1.77 bits per heavy atom. The molecule has 2 rings (SSSR count). The van der Waals surface area contributed by atoms with Gasteiger partial charge in [-0.2, -0.15) is 0 Å². The molecule has 0 saturated heterocycles. The molecule has 1 saturated carbocycles. The van der Waals surface area contributed by atoms with Crippen LogP contribution in [0.3, 0.4) is 0 Å². The highest BCUT2D eigenvalue weighted by atomic mass is 127. The Bertz CT molecular complexity index is 269. The normalized spacial score (nSPS) is 17.7. The first-order chi connectivity index (χ1) is 5.77. The van der Waals surface area contributed by atoms with Gasteiger partial charge in [-0.3, -0.25) is 0 Å². The molecular weight excluding hydrogens is 296 g/mol. The van der Waals surface area contributed by atoms with Gasteiger partial charge in [0.05, 0.1) is 0 Å². The molecule has 0 bridgehead atoms. The van der Waals surface area contributed by atoms with E-state index in [0.29, 0.717) is 0 Å². The summed E-state index contributed by atoms with van der Waals surface area (Å²) in [5, 5.41) is 0. The molecule has 0 amide bonds. The number of benzene rings is 1. The van der Waals surface area contributed by atoms with Gasteiger partial charge in [0.1, 0.15) is 0 Å². The molecular formula is C10H13ClIN. The van der Waals surface area contributed by atoms with Gasteiger partial charge in [0.2, 0.25) is 0 Å². The zero-order valence-corrected chi connectivity index (χ0v) is 10.2. The highest BCUT2D eigenvalue weighted by Crippen LogP contribution is 2.39. The summed E-state index contributed by atoms with van der Waals surface area (Å²) in [6.07, 6.45) is 2.63. The highest BCUT2D eigenvalue weighted by molar-refractivity contribution is 14.1. The second-order valence-corrected chi connectivity index (χ2v) is 4.66. The monoisotopic (exact) mass is 309 g/mol. The van der Waals surface area contributed by atoms with Crippen LogP contribution in [0.4, 0.5) is 0 Å². The van der Waals surface area contributed by atoms with Crippen molar-refractivity contribution >= 4 is 35.0 Å². The zero-order valence-electron chi connectivity index (χ0n) is 7.24. The quantitative estimate of drug-likeness (QED) is 0.835. The van der Waals surface area contributed by atoms with Crippen LogP contribution in [-0.4, -0.2) is 0 Å². The second kappa shape index (κ2) is 4.62. The summed E-state index contributed by atoms with van der Waals surface area (Å²) in [6.45, 7) is 0. The molecule has 1 aromatic carbocycles. The maximum atomic E-state index is 6.05. The molecule has 0 radical (unpaired) electrons. The molecule has 2 N–H and O–H groups in total. The maximum Gasteiger partial charge on any atom is 0.0323 e. The van der Waals surface area contributed by atoms with Crippen molar-refractivity contribution < 1.29 is 0 Å². The van der Waals surface area contributed by atoms with Crippen molar-refractivity contribution in [2.75, 3.05) is 0 Å². The lowest BCUT2D eigenvalue weighted by Gasteiger charge is -2.09. The summed E-state index contributed by atoms with van der Waals surface area (Å²) < 4.78 is 1.28. The van der Waals surface area contributed by atoms with E-state index in [0.717, 1.165) is 5.92 Å². The molecule has 1 fully saturated rings. The van der Waals surface area contributed by atoms with Crippen molar-refractivity contribution in [1.82, 2.24) is 0 Å². The Balaban J connectivity index is 0.000000845. The molecule has 0 heterocycles. The SMILES string of the molecule is Cl.N[C@@H](c1ccc(I)cc1)C1CC1. The molecule has 1 nitrogen and oxygen atoms in total. The summed E-state index contributed by atoms with van der Waals surface area (Å²) in [6, 6.07) is 8.81. The van der Waals surface area contributed by atoms with E-state index in [-0.39, 0.29) is 18.4 Å². The van der Waals surface area contributed by atoms with Gasteiger partial charge in [0, 0.05) is 9.61 Å². The van der Waals surface area contributed by atoms with E-state index in [9.17, 15) is 0 Å². The molecule has 1 atom stereocenters. The van der Waals surface area contributed by atoms with Crippen LogP contribution < -0.4 is 5.73 Å². The Labute approximate surface area is 98.6 Å². The molecule has 13 heavy (non-hydrogen) atoms.